The number of rotatable bonds is 4. The fourth-order valence-electron chi connectivity index (χ4n) is 2.18. The molecule has 0 saturated carbocycles. The number of ether oxygens (including phenoxy) is 2. The van der Waals surface area contributed by atoms with Crippen LogP contribution < -0.4 is 14.8 Å². The van der Waals surface area contributed by atoms with Crippen LogP contribution in [0.25, 0.3) is 6.08 Å². The van der Waals surface area contributed by atoms with Crippen molar-refractivity contribution in [2.45, 2.75) is 0 Å². The molecule has 0 fully saturated rings. The lowest BCUT2D eigenvalue weighted by Gasteiger charge is -2.09. The van der Waals surface area contributed by atoms with E-state index in [-0.39, 0.29) is 23.8 Å². The Bertz CT molecular complexity index is 783. The van der Waals surface area contributed by atoms with E-state index in [0.717, 1.165) is 5.56 Å². The third kappa shape index (κ3) is 3.16. The fraction of sp³-hybridized carbons (Fsp3) is 0.0588. The molecule has 3 rings (SSSR count). The average Bonchev–Trinajstić information content (AvgIpc) is 3.03. The van der Waals surface area contributed by atoms with Crippen molar-refractivity contribution in [1.82, 2.24) is 0 Å². The van der Waals surface area contributed by atoms with Gasteiger partial charge in [0.1, 0.15) is 5.69 Å². The fourth-order valence-corrected chi connectivity index (χ4v) is 2.18. The summed E-state index contributed by atoms with van der Waals surface area (Å²) in [5.41, 5.74) is 0.893. The summed E-state index contributed by atoms with van der Waals surface area (Å²) in [6.07, 6.45) is 2.96. The average molecular weight is 311 g/mol. The van der Waals surface area contributed by atoms with Gasteiger partial charge in [-0.3, -0.25) is 4.79 Å². The Labute approximate surface area is 132 Å². The first-order valence-electron chi connectivity index (χ1n) is 6.85. The van der Waals surface area contributed by atoms with E-state index < -0.39 is 11.9 Å². The van der Waals surface area contributed by atoms with Crippen molar-refractivity contribution in [3.8, 4) is 11.5 Å². The van der Waals surface area contributed by atoms with Crippen LogP contribution in [0.1, 0.15) is 15.9 Å². The van der Waals surface area contributed by atoms with E-state index in [9.17, 15) is 14.7 Å². The van der Waals surface area contributed by atoms with E-state index in [1.165, 1.54) is 18.2 Å². The van der Waals surface area contributed by atoms with E-state index in [1.807, 2.05) is 30.3 Å². The Morgan fingerprint density at radius 2 is 1.87 bits per heavy atom. The number of carboxylic acids is 1. The van der Waals surface area contributed by atoms with Crippen molar-refractivity contribution >= 4 is 23.6 Å². The maximum Gasteiger partial charge on any atom is 0.337 e. The second-order valence-electron chi connectivity index (χ2n) is 4.76. The van der Waals surface area contributed by atoms with Crippen LogP contribution in [-0.2, 0) is 4.79 Å². The number of carbonyl (C=O) groups excluding carboxylic acids is 1. The Hall–Kier alpha value is -3.28. The van der Waals surface area contributed by atoms with Gasteiger partial charge in [-0.05, 0) is 23.8 Å². The van der Waals surface area contributed by atoms with Crippen LogP contribution in [0.2, 0.25) is 0 Å². The van der Waals surface area contributed by atoms with Crippen LogP contribution in [-0.4, -0.2) is 23.8 Å². The summed E-state index contributed by atoms with van der Waals surface area (Å²) in [6, 6.07) is 12.2. The van der Waals surface area contributed by atoms with Gasteiger partial charge in [0.25, 0.3) is 0 Å². The molecule has 0 bridgehead atoms. The first-order chi connectivity index (χ1) is 11.1. The molecule has 1 aliphatic rings. The number of nitrogens with one attached hydrogen (secondary N) is 1. The minimum Gasteiger partial charge on any atom is -0.478 e. The number of amides is 1. The van der Waals surface area contributed by atoms with E-state index in [1.54, 1.807) is 6.08 Å². The molecule has 0 spiro atoms. The van der Waals surface area contributed by atoms with Crippen molar-refractivity contribution in [3.63, 3.8) is 0 Å². The summed E-state index contributed by atoms with van der Waals surface area (Å²) in [7, 11) is 0. The van der Waals surface area contributed by atoms with Crippen molar-refractivity contribution in [2.75, 3.05) is 12.1 Å². The van der Waals surface area contributed by atoms with Crippen LogP contribution in [0.15, 0.2) is 48.5 Å². The van der Waals surface area contributed by atoms with Gasteiger partial charge >= 0.3 is 5.97 Å². The molecule has 0 radical (unpaired) electrons. The summed E-state index contributed by atoms with van der Waals surface area (Å²) in [5, 5.41) is 11.8. The molecule has 0 unspecified atom stereocenters. The van der Waals surface area contributed by atoms with Gasteiger partial charge < -0.3 is 19.9 Å². The lowest BCUT2D eigenvalue weighted by molar-refractivity contribution is -0.111. The summed E-state index contributed by atoms with van der Waals surface area (Å²) in [6.45, 7) is -0.0128. The minimum absolute atomic E-state index is 0.0128. The predicted octanol–water partition coefficient (Wildman–Crippen LogP) is 2.77. The van der Waals surface area contributed by atoms with Gasteiger partial charge in [0, 0.05) is 6.08 Å². The standard InChI is InChI=1S/C17H13NO5/c19-14(9-6-11-4-2-1-3-5-11)18-15-12(17(20)21)7-8-13-16(15)23-10-22-13/h1-9H,10H2,(H,18,19)(H,20,21). The van der Waals surface area contributed by atoms with Gasteiger partial charge in [0.05, 0.1) is 5.56 Å². The highest BCUT2D eigenvalue weighted by atomic mass is 16.7. The molecule has 2 N–H and O–H groups in total. The molecule has 2 aromatic rings. The third-order valence-electron chi connectivity index (χ3n) is 3.24. The Balaban J connectivity index is 1.85. The maximum atomic E-state index is 12.1. The molecule has 0 aromatic heterocycles. The van der Waals surface area contributed by atoms with Gasteiger partial charge in [0.15, 0.2) is 11.5 Å². The highest BCUT2D eigenvalue weighted by molar-refractivity contribution is 6.08. The topological polar surface area (TPSA) is 84.9 Å². The van der Waals surface area contributed by atoms with E-state index in [2.05, 4.69) is 5.32 Å². The molecule has 6 nitrogen and oxygen atoms in total. The highest BCUT2D eigenvalue weighted by Gasteiger charge is 2.24. The van der Waals surface area contributed by atoms with Crippen LogP contribution in [0.5, 0.6) is 11.5 Å². The predicted molar refractivity (Wildman–Crippen MR) is 83.6 cm³/mol. The largest absolute Gasteiger partial charge is 0.478 e. The van der Waals surface area contributed by atoms with Gasteiger partial charge in [-0.15, -0.1) is 0 Å². The van der Waals surface area contributed by atoms with Crippen LogP contribution >= 0.6 is 0 Å². The van der Waals surface area contributed by atoms with Crippen molar-refractivity contribution in [2.24, 2.45) is 0 Å². The summed E-state index contributed by atoms with van der Waals surface area (Å²) < 4.78 is 10.5. The first kappa shape index (κ1) is 14.6. The van der Waals surface area contributed by atoms with E-state index >= 15 is 0 Å². The molecular formula is C17H13NO5. The quantitative estimate of drug-likeness (QED) is 0.848. The molecular weight excluding hydrogens is 298 g/mol. The van der Waals surface area contributed by atoms with E-state index in [0.29, 0.717) is 5.75 Å². The molecule has 0 atom stereocenters. The minimum atomic E-state index is -1.16. The molecule has 116 valence electrons. The smallest absolute Gasteiger partial charge is 0.337 e. The zero-order valence-electron chi connectivity index (χ0n) is 12.0. The molecule has 2 aromatic carbocycles. The number of anilines is 1. The molecule has 23 heavy (non-hydrogen) atoms. The van der Waals surface area contributed by atoms with Crippen LogP contribution in [0.4, 0.5) is 5.69 Å². The number of aromatic carboxylic acids is 1. The number of hydrogen-bond acceptors (Lipinski definition) is 4. The Morgan fingerprint density at radius 3 is 2.61 bits per heavy atom. The van der Waals surface area contributed by atoms with Crippen LogP contribution in [0.3, 0.4) is 0 Å². The number of carbonyl (C=O) groups is 2. The highest BCUT2D eigenvalue weighted by Crippen LogP contribution is 2.41. The van der Waals surface area contributed by atoms with Crippen molar-refractivity contribution in [1.29, 1.82) is 0 Å². The maximum absolute atomic E-state index is 12.1. The lowest BCUT2D eigenvalue weighted by Crippen LogP contribution is -2.12. The summed E-state index contributed by atoms with van der Waals surface area (Å²) in [4.78, 5) is 23.4. The molecule has 0 saturated heterocycles. The van der Waals surface area contributed by atoms with Gasteiger partial charge in [-0.1, -0.05) is 30.3 Å². The Kier molecular flexibility index (Phi) is 3.97. The van der Waals surface area contributed by atoms with Gasteiger partial charge in [0.2, 0.25) is 12.7 Å². The number of carboxylic acid groups (broad SMARTS) is 1. The molecule has 1 heterocycles. The molecule has 1 aliphatic heterocycles. The zero-order valence-corrected chi connectivity index (χ0v) is 12.0. The first-order valence-corrected chi connectivity index (χ1v) is 6.85. The third-order valence-corrected chi connectivity index (χ3v) is 3.24. The van der Waals surface area contributed by atoms with Gasteiger partial charge in [-0.25, -0.2) is 4.79 Å². The normalized spacial score (nSPS) is 12.3. The van der Waals surface area contributed by atoms with Gasteiger partial charge in [-0.2, -0.15) is 0 Å². The Morgan fingerprint density at radius 1 is 1.09 bits per heavy atom. The van der Waals surface area contributed by atoms with Crippen LogP contribution in [0, 0.1) is 0 Å². The number of fused-ring (bicyclic) bond motifs is 1. The SMILES string of the molecule is O=C(C=Cc1ccccc1)Nc1c(C(=O)O)ccc2c1OCO2. The second-order valence-corrected chi connectivity index (χ2v) is 4.76. The number of hydrogen-bond donors (Lipinski definition) is 2. The lowest BCUT2D eigenvalue weighted by atomic mass is 10.1. The molecule has 0 aliphatic carbocycles. The van der Waals surface area contributed by atoms with E-state index in [4.69, 9.17) is 9.47 Å². The van der Waals surface area contributed by atoms with Crippen molar-refractivity contribution in [3.05, 3.63) is 59.7 Å². The summed E-state index contributed by atoms with van der Waals surface area (Å²) in [5.74, 6) is -0.991. The monoisotopic (exact) mass is 311 g/mol. The molecule has 6 heteroatoms. The molecule has 1 amide bonds. The number of benzene rings is 2. The summed E-state index contributed by atoms with van der Waals surface area (Å²) >= 11 is 0. The second kappa shape index (κ2) is 6.23. The zero-order chi connectivity index (χ0) is 16.2. The van der Waals surface area contributed by atoms with Crippen molar-refractivity contribution < 1.29 is 24.2 Å².